The Labute approximate surface area is 125 Å². The number of hydrogen-bond acceptors (Lipinski definition) is 2. The van der Waals surface area contributed by atoms with Crippen molar-refractivity contribution in [1.29, 1.82) is 0 Å². The number of Topliss-reactive ketones (excluding diaryl/α,β-unsaturated/α-hetero) is 2. The Bertz CT molecular complexity index is 93.6. The molecule has 2 nitrogen and oxygen atoms in total. The predicted molar refractivity (Wildman–Crippen MR) is 69.2 cm³/mol. The smallest absolute Gasteiger partial charge is 0.261 e. The van der Waals surface area contributed by atoms with E-state index in [9.17, 15) is 9.59 Å². The summed E-state index contributed by atoms with van der Waals surface area (Å²) in [6, 6.07) is 0. The molecule has 0 saturated carbocycles. The van der Waals surface area contributed by atoms with Crippen LogP contribution in [-0.4, -0.2) is 31.3 Å². The highest BCUT2D eigenvalue weighted by molar-refractivity contribution is 5.72. The van der Waals surface area contributed by atoms with Crippen molar-refractivity contribution in [3.8, 4) is 0 Å². The third kappa shape index (κ3) is 4400. The van der Waals surface area contributed by atoms with Crippen LogP contribution in [0.5, 0.6) is 0 Å². The molecule has 0 aromatic rings. The molecule has 104 valence electrons. The van der Waals surface area contributed by atoms with E-state index in [0.29, 0.717) is 42.4 Å². The van der Waals surface area contributed by atoms with Gasteiger partial charge in [0.05, 0.1) is 0 Å². The summed E-state index contributed by atoms with van der Waals surface area (Å²) in [5, 5.41) is 0. The van der Waals surface area contributed by atoms with E-state index in [1.165, 1.54) is 27.7 Å². The fraction of sp³-hybridized carbons (Fsp3) is 0.667. The van der Waals surface area contributed by atoms with Crippen molar-refractivity contribution in [2.24, 2.45) is 0 Å². The van der Waals surface area contributed by atoms with Gasteiger partial charge < -0.3 is 24.4 Å². The van der Waals surface area contributed by atoms with Gasteiger partial charge in [0.1, 0.15) is 31.3 Å². The number of carbonyl (C=O) groups is 2. The summed E-state index contributed by atoms with van der Waals surface area (Å²) in [6.07, 6.45) is 0. The summed E-state index contributed by atoms with van der Waals surface area (Å²) in [7, 11) is 0. The Hall–Kier alpha value is 0.800. The maximum Gasteiger partial charge on any atom is 0.261 e. The summed E-state index contributed by atoms with van der Waals surface area (Å²) in [5.41, 5.74) is 0. The van der Waals surface area contributed by atoms with Crippen LogP contribution in [0.2, 0.25) is 0 Å². The topological polar surface area (TPSA) is 34.1 Å². The minimum atomic E-state index is 0. The lowest BCUT2D eigenvalue weighted by atomic mass is 10.6. The van der Waals surface area contributed by atoms with Crippen LogP contribution in [0.1, 0.15) is 27.7 Å². The molecule has 0 N–H and O–H groups in total. The molecule has 0 fully saturated rings. The van der Waals surface area contributed by atoms with Gasteiger partial charge in [-0.25, -0.2) is 0 Å². The van der Waals surface area contributed by atoms with Crippen molar-refractivity contribution in [2.45, 2.75) is 27.7 Å². The molecular formula is C12H30I2O2. The third-order valence-electron chi connectivity index (χ3n) is 0. The lowest BCUT2D eigenvalue weighted by Crippen LogP contribution is -3.59. The summed E-state index contributed by atoms with van der Waals surface area (Å²) in [5.74, 6) is 0.333. The second-order valence-corrected chi connectivity index (χ2v) is 6.89. The first-order valence-electron chi connectivity index (χ1n) is 3.92. The SMILES string of the molecule is CC(C)=O.CC(C)=O.C[I+]C.C[I+]C.[CH3-].[CH3-]. The highest BCUT2D eigenvalue weighted by Gasteiger charge is 1.63. The number of alkyl halides is 4. The molecule has 0 aliphatic heterocycles. The number of ketones is 2. The van der Waals surface area contributed by atoms with Gasteiger partial charge in [-0.3, -0.25) is 0 Å². The van der Waals surface area contributed by atoms with Crippen LogP contribution in [0, 0.1) is 14.9 Å². The molecule has 0 aliphatic carbocycles. The zero-order valence-corrected chi connectivity index (χ0v) is 16.9. The Morgan fingerprint density at radius 2 is 0.625 bits per heavy atom. The summed E-state index contributed by atoms with van der Waals surface area (Å²) < 4.78 is 0. The number of rotatable bonds is 0. The summed E-state index contributed by atoms with van der Waals surface area (Å²) >= 11 is 1.18. The minimum Gasteiger partial charge on any atom is -0.358 e. The van der Waals surface area contributed by atoms with Gasteiger partial charge in [0, 0.05) is 0 Å². The van der Waals surface area contributed by atoms with Crippen LogP contribution in [-0.2, 0) is 9.59 Å². The average Bonchev–Trinajstić information content (AvgIpc) is 1.85. The van der Waals surface area contributed by atoms with Crippen LogP contribution in [0.4, 0.5) is 0 Å². The Balaban J connectivity index is -0.0000000202. The van der Waals surface area contributed by atoms with Gasteiger partial charge >= 0.3 is 0 Å². The molecule has 0 atom stereocenters. The van der Waals surface area contributed by atoms with Gasteiger partial charge in [-0.2, -0.15) is 0 Å². The second kappa shape index (κ2) is 44.7. The molecule has 0 aliphatic rings. The van der Waals surface area contributed by atoms with E-state index >= 15 is 0 Å². The van der Waals surface area contributed by atoms with E-state index in [4.69, 9.17) is 0 Å². The lowest BCUT2D eigenvalue weighted by Gasteiger charge is -1.56. The molecule has 16 heavy (non-hydrogen) atoms. The third-order valence-corrected chi connectivity index (χ3v) is 0. The standard InChI is InChI=1S/2C3H6O.2C2H6I.2CH3/c2*1-3(2)4;2*1-3-2;;/h2*1-2H3;2*1-2H3;2*1H3/q;;2*+1;2*-1. The first-order chi connectivity index (χ1) is 6.29. The summed E-state index contributed by atoms with van der Waals surface area (Å²) in [4.78, 5) is 27.8. The normalized spacial score (nSPS) is 5.50. The first-order valence-corrected chi connectivity index (χ1v) is 12.6. The molecule has 4 heteroatoms. The molecular weight excluding hydrogens is 430 g/mol. The van der Waals surface area contributed by atoms with Crippen molar-refractivity contribution < 1.29 is 52.0 Å². The molecule has 0 spiro atoms. The Morgan fingerprint density at radius 3 is 0.625 bits per heavy atom. The molecule has 0 rings (SSSR count). The van der Waals surface area contributed by atoms with Gasteiger partial charge in [0.15, 0.2) is 0 Å². The van der Waals surface area contributed by atoms with Crippen LogP contribution >= 0.6 is 0 Å². The van der Waals surface area contributed by atoms with Crippen LogP contribution in [0.15, 0.2) is 0 Å². The van der Waals surface area contributed by atoms with Crippen molar-refractivity contribution in [1.82, 2.24) is 0 Å². The highest BCUT2D eigenvalue weighted by Crippen LogP contribution is 1.50. The lowest BCUT2D eigenvalue weighted by molar-refractivity contribution is -0.597. The van der Waals surface area contributed by atoms with Crippen LogP contribution < -0.4 is 42.4 Å². The van der Waals surface area contributed by atoms with Crippen molar-refractivity contribution in [3.63, 3.8) is 0 Å². The Morgan fingerprint density at radius 1 is 0.625 bits per heavy atom. The molecule has 0 aromatic heterocycles. The number of halogens is 2. The van der Waals surface area contributed by atoms with E-state index < -0.39 is 0 Å². The molecule has 0 saturated heterocycles. The predicted octanol–water partition coefficient (Wildman–Crippen LogP) is -3.24. The number of hydrogen-bond donors (Lipinski definition) is 0. The van der Waals surface area contributed by atoms with Crippen molar-refractivity contribution >= 4 is 11.6 Å². The second-order valence-electron chi connectivity index (χ2n) is 2.57. The van der Waals surface area contributed by atoms with E-state index in [-0.39, 0.29) is 26.4 Å². The molecule has 0 bridgehead atoms. The van der Waals surface area contributed by atoms with Crippen molar-refractivity contribution in [3.05, 3.63) is 14.9 Å². The molecule has 0 aromatic carbocycles. The minimum absolute atomic E-state index is 0. The Kier molecular flexibility index (Phi) is 100. The van der Waals surface area contributed by atoms with E-state index in [0.717, 1.165) is 0 Å². The largest absolute Gasteiger partial charge is 0.358 e. The molecule has 0 heterocycles. The van der Waals surface area contributed by atoms with E-state index in [1.54, 1.807) is 0 Å². The molecule has 0 radical (unpaired) electrons. The first kappa shape index (κ1) is 36.0. The van der Waals surface area contributed by atoms with E-state index in [1.807, 2.05) is 0 Å². The average molecular weight is 460 g/mol. The van der Waals surface area contributed by atoms with Gasteiger partial charge in [0.25, 0.3) is 42.4 Å². The fourth-order valence-corrected chi connectivity index (χ4v) is 0. The maximum atomic E-state index is 9.44. The monoisotopic (exact) mass is 460 g/mol. The van der Waals surface area contributed by atoms with Gasteiger partial charge in [0.2, 0.25) is 0 Å². The maximum absolute atomic E-state index is 9.44. The van der Waals surface area contributed by atoms with Crippen LogP contribution in [0.3, 0.4) is 0 Å². The highest BCUT2D eigenvalue weighted by atomic mass is 127. The zero-order chi connectivity index (χ0) is 12.6. The fourth-order valence-electron chi connectivity index (χ4n) is 0. The van der Waals surface area contributed by atoms with Gasteiger partial charge in [-0.1, -0.05) is 0 Å². The van der Waals surface area contributed by atoms with Gasteiger partial charge in [-0.15, -0.1) is 0 Å². The number of carbonyl (C=O) groups excluding carboxylic acids is 2. The summed E-state index contributed by atoms with van der Waals surface area (Å²) in [6.45, 7) is 6.11. The zero-order valence-electron chi connectivity index (χ0n) is 12.6. The van der Waals surface area contributed by atoms with Crippen molar-refractivity contribution in [2.75, 3.05) is 19.7 Å². The molecule has 0 unspecified atom stereocenters. The van der Waals surface area contributed by atoms with Gasteiger partial charge in [-0.05, 0) is 27.7 Å². The molecule has 0 amide bonds. The van der Waals surface area contributed by atoms with E-state index in [2.05, 4.69) is 19.7 Å². The quantitative estimate of drug-likeness (QED) is 0.217. The van der Waals surface area contributed by atoms with Crippen LogP contribution in [0.25, 0.3) is 0 Å².